The molecule has 47 heavy (non-hydrogen) atoms. The van der Waals surface area contributed by atoms with Crippen LogP contribution in [0.5, 0.6) is 5.75 Å². The van der Waals surface area contributed by atoms with Crippen molar-refractivity contribution in [3.05, 3.63) is 59.3 Å². The number of carbonyl (C=O) groups excluding carboxylic acids is 1. The number of hydrogen-bond acceptors (Lipinski definition) is 8. The summed E-state index contributed by atoms with van der Waals surface area (Å²) in [4.78, 5) is 25.8. The maximum atomic E-state index is 14.0. The molecule has 4 aliphatic carbocycles. The zero-order valence-corrected chi connectivity index (χ0v) is 27.0. The highest BCUT2D eigenvalue weighted by Gasteiger charge is 2.50. The Morgan fingerprint density at radius 2 is 1.66 bits per heavy atom. The van der Waals surface area contributed by atoms with Gasteiger partial charge >= 0.3 is 6.18 Å². The number of ether oxygens (including phenoxy) is 1. The van der Waals surface area contributed by atoms with Crippen LogP contribution in [0, 0.1) is 30.6 Å². The fraction of sp³-hybridized carbons (Fsp3) is 0.514. The molecule has 3 N–H and O–H groups in total. The summed E-state index contributed by atoms with van der Waals surface area (Å²) in [5.41, 5.74) is 1.52. The van der Waals surface area contributed by atoms with E-state index in [1.54, 1.807) is 26.2 Å². The number of hydrogen-bond donors (Lipinski definition) is 3. The third kappa shape index (κ3) is 6.19. The average molecular weight is 650 g/mol. The van der Waals surface area contributed by atoms with Gasteiger partial charge in [-0.05, 0) is 86.5 Å². The molecular formula is C35H42F3N7O2. The van der Waals surface area contributed by atoms with Crippen molar-refractivity contribution in [2.45, 2.75) is 51.2 Å². The number of piperazine rings is 1. The molecule has 1 amide bonds. The molecule has 250 valence electrons. The van der Waals surface area contributed by atoms with E-state index in [-0.39, 0.29) is 17.2 Å². The Labute approximate surface area is 273 Å². The summed E-state index contributed by atoms with van der Waals surface area (Å²) in [6.07, 6.45) is 3.17. The van der Waals surface area contributed by atoms with E-state index >= 15 is 0 Å². The summed E-state index contributed by atoms with van der Waals surface area (Å²) in [6, 6.07) is 11.5. The second-order valence-electron chi connectivity index (χ2n) is 13.6. The molecule has 1 aromatic heterocycles. The average Bonchev–Trinajstić information content (AvgIpc) is 3.05. The van der Waals surface area contributed by atoms with E-state index in [1.165, 1.54) is 45.2 Å². The van der Waals surface area contributed by atoms with Crippen LogP contribution in [0.1, 0.15) is 53.6 Å². The first kappa shape index (κ1) is 31.5. The minimum absolute atomic E-state index is 0.0501. The van der Waals surface area contributed by atoms with Gasteiger partial charge in [0.15, 0.2) is 0 Å². The van der Waals surface area contributed by atoms with E-state index in [0.717, 1.165) is 67.8 Å². The van der Waals surface area contributed by atoms with Crippen LogP contribution in [0.25, 0.3) is 0 Å². The minimum atomic E-state index is -4.73. The number of nitrogens with zero attached hydrogens (tertiary/aromatic N) is 4. The fourth-order valence-corrected chi connectivity index (χ4v) is 8.89. The second-order valence-corrected chi connectivity index (χ2v) is 13.6. The van der Waals surface area contributed by atoms with Crippen molar-refractivity contribution in [1.82, 2.24) is 20.2 Å². The van der Waals surface area contributed by atoms with Crippen molar-refractivity contribution in [3.63, 3.8) is 0 Å². The number of para-hydroxylation sites is 1. The molecule has 0 atom stereocenters. The Bertz CT molecular complexity index is 1610. The van der Waals surface area contributed by atoms with Gasteiger partial charge in [-0.3, -0.25) is 9.69 Å². The molecule has 2 heterocycles. The molecule has 1 saturated heterocycles. The molecule has 2 aromatic carbocycles. The van der Waals surface area contributed by atoms with Gasteiger partial charge in [0, 0.05) is 57.2 Å². The largest absolute Gasteiger partial charge is 0.494 e. The van der Waals surface area contributed by atoms with Crippen LogP contribution in [0.3, 0.4) is 0 Å². The number of anilines is 5. The first-order valence-corrected chi connectivity index (χ1v) is 16.6. The third-order valence-electron chi connectivity index (χ3n) is 10.8. The number of amides is 1. The summed E-state index contributed by atoms with van der Waals surface area (Å²) >= 11 is 0. The number of methoxy groups -OCH3 is 1. The Hall–Kier alpha value is -4.06. The van der Waals surface area contributed by atoms with E-state index in [9.17, 15) is 18.0 Å². The van der Waals surface area contributed by atoms with E-state index in [2.05, 4.69) is 35.7 Å². The SMILES string of the molecule is CNC(=O)c1cccc(C)c1Nc1nc(Nc2ccc(N3CCN([C@H]4C5CC6CC4C[C@@H](C6)C5)CC3)cc2OC)ncc1C(F)(F)F. The van der Waals surface area contributed by atoms with Gasteiger partial charge in [-0.2, -0.15) is 18.2 Å². The number of alkyl halides is 3. The number of nitrogens with one attached hydrogen (secondary N) is 3. The molecule has 12 heteroatoms. The first-order chi connectivity index (χ1) is 22.6. The molecule has 0 spiro atoms. The zero-order chi connectivity index (χ0) is 32.9. The van der Waals surface area contributed by atoms with Crippen molar-refractivity contribution in [2.75, 3.05) is 55.9 Å². The van der Waals surface area contributed by atoms with E-state index in [1.807, 2.05) is 18.2 Å². The lowest BCUT2D eigenvalue weighted by Gasteiger charge is -2.58. The van der Waals surface area contributed by atoms with E-state index < -0.39 is 23.5 Å². The Balaban J connectivity index is 1.07. The van der Waals surface area contributed by atoms with Gasteiger partial charge < -0.3 is 25.6 Å². The molecule has 5 aliphatic rings. The lowest BCUT2D eigenvalue weighted by Crippen LogP contribution is -2.60. The number of aryl methyl sites for hydroxylation is 1. The summed E-state index contributed by atoms with van der Waals surface area (Å²) < 4.78 is 47.8. The summed E-state index contributed by atoms with van der Waals surface area (Å²) in [5.74, 6) is 3.27. The molecule has 4 saturated carbocycles. The molecule has 0 unspecified atom stereocenters. The Morgan fingerprint density at radius 3 is 2.30 bits per heavy atom. The van der Waals surface area contributed by atoms with Crippen LogP contribution >= 0.6 is 0 Å². The number of halogens is 3. The zero-order valence-electron chi connectivity index (χ0n) is 27.0. The van der Waals surface area contributed by atoms with Gasteiger partial charge in [0.25, 0.3) is 5.91 Å². The van der Waals surface area contributed by atoms with Crippen LogP contribution in [-0.2, 0) is 6.18 Å². The topological polar surface area (TPSA) is 94.6 Å². The van der Waals surface area contributed by atoms with Crippen molar-refractivity contribution in [3.8, 4) is 5.75 Å². The molecule has 8 rings (SSSR count). The highest BCUT2D eigenvalue weighted by molar-refractivity contribution is 6.00. The molecule has 5 fully saturated rings. The molecule has 9 nitrogen and oxygen atoms in total. The summed E-state index contributed by atoms with van der Waals surface area (Å²) in [5, 5.41) is 8.34. The number of carbonyl (C=O) groups is 1. The van der Waals surface area contributed by atoms with Gasteiger partial charge in [0.2, 0.25) is 5.95 Å². The van der Waals surface area contributed by atoms with Crippen molar-refractivity contribution < 1.29 is 22.7 Å². The van der Waals surface area contributed by atoms with Crippen LogP contribution in [0.2, 0.25) is 0 Å². The molecular weight excluding hydrogens is 607 g/mol. The standard InChI is InChI=1S/C35H42F3N7O2/c1-20-5-4-6-26(33(46)39-2)30(20)42-32-27(35(36,37)38)19-40-34(43-32)41-28-8-7-25(18-29(28)47-3)44-9-11-45(12-10-44)31-23-14-21-13-22(16-23)17-24(31)15-21/h4-8,18-19,21-24,31H,9-17H2,1-3H3,(H,39,46)(H2,40,41,42,43)/t21-,22?,23?,24?,31-. The maximum absolute atomic E-state index is 14.0. The smallest absolute Gasteiger partial charge is 0.421 e. The second kappa shape index (κ2) is 12.5. The first-order valence-electron chi connectivity index (χ1n) is 16.6. The predicted octanol–water partition coefficient (Wildman–Crippen LogP) is 6.61. The Morgan fingerprint density at radius 1 is 0.957 bits per heavy atom. The minimum Gasteiger partial charge on any atom is -0.494 e. The van der Waals surface area contributed by atoms with Crippen LogP contribution in [-0.4, -0.2) is 67.2 Å². The molecule has 3 aromatic rings. The number of rotatable bonds is 8. The van der Waals surface area contributed by atoms with Gasteiger partial charge in [0.05, 0.1) is 24.0 Å². The van der Waals surface area contributed by atoms with Crippen LogP contribution < -0.4 is 25.6 Å². The van der Waals surface area contributed by atoms with E-state index in [0.29, 0.717) is 17.0 Å². The lowest BCUT2D eigenvalue weighted by molar-refractivity contribution is -0.137. The fourth-order valence-electron chi connectivity index (χ4n) is 8.89. The van der Waals surface area contributed by atoms with Crippen molar-refractivity contribution in [1.29, 1.82) is 0 Å². The number of aromatic nitrogens is 2. The highest BCUT2D eigenvalue weighted by atomic mass is 19.4. The van der Waals surface area contributed by atoms with Crippen LogP contribution in [0.4, 0.5) is 42.0 Å². The van der Waals surface area contributed by atoms with Crippen molar-refractivity contribution in [2.24, 2.45) is 23.7 Å². The van der Waals surface area contributed by atoms with E-state index in [4.69, 9.17) is 4.74 Å². The molecule has 0 radical (unpaired) electrons. The molecule has 1 aliphatic heterocycles. The maximum Gasteiger partial charge on any atom is 0.421 e. The normalized spacial score (nSPS) is 25.5. The predicted molar refractivity (Wildman–Crippen MR) is 176 cm³/mol. The number of benzene rings is 2. The molecule has 4 bridgehead atoms. The van der Waals surface area contributed by atoms with Gasteiger partial charge in [-0.1, -0.05) is 12.1 Å². The highest BCUT2D eigenvalue weighted by Crippen LogP contribution is 2.55. The summed E-state index contributed by atoms with van der Waals surface area (Å²) in [6.45, 7) is 5.68. The van der Waals surface area contributed by atoms with Gasteiger partial charge in [-0.25, -0.2) is 4.98 Å². The van der Waals surface area contributed by atoms with Crippen molar-refractivity contribution >= 4 is 34.7 Å². The van der Waals surface area contributed by atoms with Crippen LogP contribution in [0.15, 0.2) is 42.6 Å². The summed E-state index contributed by atoms with van der Waals surface area (Å²) in [7, 11) is 3.03. The Kier molecular flexibility index (Phi) is 8.40. The van der Waals surface area contributed by atoms with Gasteiger partial charge in [-0.15, -0.1) is 0 Å². The third-order valence-corrected chi connectivity index (χ3v) is 10.8. The lowest BCUT2D eigenvalue weighted by atomic mass is 9.54. The monoisotopic (exact) mass is 649 g/mol. The van der Waals surface area contributed by atoms with Gasteiger partial charge in [0.1, 0.15) is 17.1 Å². The quantitative estimate of drug-likeness (QED) is 0.251.